The van der Waals surface area contributed by atoms with E-state index in [1.165, 1.54) is 23.3 Å². The Labute approximate surface area is 152 Å². The second kappa shape index (κ2) is 7.97. The molecule has 2 aromatic carbocycles. The minimum atomic E-state index is -3.69. The summed E-state index contributed by atoms with van der Waals surface area (Å²) in [5.74, 6) is -0.642. The Balaban J connectivity index is 1.44. The number of carbonyl (C=O) groups is 1. The molecule has 2 N–H and O–H groups in total. The van der Waals surface area contributed by atoms with Crippen molar-refractivity contribution in [1.29, 1.82) is 0 Å². The molecule has 1 amide bonds. The Hall–Kier alpha value is -2.25. The van der Waals surface area contributed by atoms with Gasteiger partial charge >= 0.3 is 0 Å². The van der Waals surface area contributed by atoms with Crippen molar-refractivity contribution in [3.05, 3.63) is 59.4 Å². The van der Waals surface area contributed by atoms with Gasteiger partial charge in [-0.05, 0) is 73.2 Å². The van der Waals surface area contributed by atoms with Crippen LogP contribution >= 0.6 is 0 Å². The standard InChI is InChI=1S/C19H21FN2O3S/c20-16-7-10-18(11-8-16)26(24,25)21-12-2-5-19(23)22-17-9-6-14-3-1-4-15(14)13-17/h6-11,13,21H,1-5,12H2,(H,22,23). The maximum atomic E-state index is 12.9. The van der Waals surface area contributed by atoms with Gasteiger partial charge in [0.25, 0.3) is 0 Å². The first-order valence-electron chi connectivity index (χ1n) is 8.61. The normalized spacial score (nSPS) is 13.4. The first kappa shape index (κ1) is 18.5. The minimum absolute atomic E-state index is 0.00138. The van der Waals surface area contributed by atoms with E-state index in [9.17, 15) is 17.6 Å². The number of rotatable bonds is 7. The summed E-state index contributed by atoms with van der Waals surface area (Å²) >= 11 is 0. The molecule has 0 saturated heterocycles. The molecule has 5 nitrogen and oxygen atoms in total. The van der Waals surface area contributed by atoms with Gasteiger partial charge < -0.3 is 5.32 Å². The van der Waals surface area contributed by atoms with Gasteiger partial charge in [-0.15, -0.1) is 0 Å². The number of amides is 1. The van der Waals surface area contributed by atoms with Crippen LogP contribution in [0.25, 0.3) is 0 Å². The summed E-state index contributed by atoms with van der Waals surface area (Å²) in [5.41, 5.74) is 3.41. The molecule has 0 bridgehead atoms. The molecule has 26 heavy (non-hydrogen) atoms. The maximum absolute atomic E-state index is 12.9. The molecule has 3 rings (SSSR count). The lowest BCUT2D eigenvalue weighted by Crippen LogP contribution is -2.25. The maximum Gasteiger partial charge on any atom is 0.240 e. The van der Waals surface area contributed by atoms with Crippen molar-refractivity contribution < 1.29 is 17.6 Å². The number of hydrogen-bond donors (Lipinski definition) is 2. The number of aryl methyl sites for hydroxylation is 2. The molecular weight excluding hydrogens is 355 g/mol. The van der Waals surface area contributed by atoms with Gasteiger partial charge in [-0.25, -0.2) is 17.5 Å². The predicted octanol–water partition coefficient (Wildman–Crippen LogP) is 3.01. The van der Waals surface area contributed by atoms with E-state index in [4.69, 9.17) is 0 Å². The number of halogens is 1. The molecular formula is C19H21FN2O3S. The Morgan fingerprint density at radius 3 is 2.54 bits per heavy atom. The Kier molecular flexibility index (Phi) is 5.68. The van der Waals surface area contributed by atoms with Gasteiger partial charge in [0.05, 0.1) is 4.90 Å². The van der Waals surface area contributed by atoms with E-state index in [2.05, 4.69) is 16.1 Å². The molecule has 0 radical (unpaired) electrons. The average Bonchev–Trinajstić information content (AvgIpc) is 3.07. The van der Waals surface area contributed by atoms with Crippen molar-refractivity contribution in [3.8, 4) is 0 Å². The molecule has 7 heteroatoms. The highest BCUT2D eigenvalue weighted by Crippen LogP contribution is 2.24. The van der Waals surface area contributed by atoms with Crippen molar-refractivity contribution in [2.75, 3.05) is 11.9 Å². The lowest BCUT2D eigenvalue weighted by molar-refractivity contribution is -0.116. The Bertz CT molecular complexity index is 896. The Morgan fingerprint density at radius 1 is 1.04 bits per heavy atom. The largest absolute Gasteiger partial charge is 0.326 e. The highest BCUT2D eigenvalue weighted by Gasteiger charge is 2.14. The second-order valence-electron chi connectivity index (χ2n) is 6.34. The fourth-order valence-corrected chi connectivity index (χ4v) is 4.10. The highest BCUT2D eigenvalue weighted by molar-refractivity contribution is 7.89. The summed E-state index contributed by atoms with van der Waals surface area (Å²) < 4.78 is 39.4. The Morgan fingerprint density at radius 2 is 1.77 bits per heavy atom. The number of anilines is 1. The van der Waals surface area contributed by atoms with Crippen molar-refractivity contribution in [3.63, 3.8) is 0 Å². The van der Waals surface area contributed by atoms with Gasteiger partial charge in [0.2, 0.25) is 15.9 Å². The van der Waals surface area contributed by atoms with Crippen molar-refractivity contribution >= 4 is 21.6 Å². The van der Waals surface area contributed by atoms with E-state index in [1.807, 2.05) is 12.1 Å². The van der Waals surface area contributed by atoms with Crippen molar-refractivity contribution in [1.82, 2.24) is 4.72 Å². The zero-order valence-electron chi connectivity index (χ0n) is 14.3. The average molecular weight is 376 g/mol. The van der Waals surface area contributed by atoms with Crippen LogP contribution in [0.5, 0.6) is 0 Å². The topological polar surface area (TPSA) is 75.3 Å². The van der Waals surface area contributed by atoms with Crippen LogP contribution in [0.2, 0.25) is 0 Å². The molecule has 0 atom stereocenters. The van der Waals surface area contributed by atoms with Crippen LogP contribution in [0, 0.1) is 5.82 Å². The summed E-state index contributed by atoms with van der Waals surface area (Å²) in [6.45, 7) is 0.136. The smallest absolute Gasteiger partial charge is 0.240 e. The summed E-state index contributed by atoms with van der Waals surface area (Å²) in [5, 5.41) is 2.85. The monoisotopic (exact) mass is 376 g/mol. The summed E-state index contributed by atoms with van der Waals surface area (Å²) in [6.07, 6.45) is 3.88. The molecule has 1 aliphatic carbocycles. The molecule has 0 spiro atoms. The van der Waals surface area contributed by atoms with Gasteiger partial charge in [0, 0.05) is 18.7 Å². The van der Waals surface area contributed by atoms with Crippen LogP contribution in [0.1, 0.15) is 30.4 Å². The summed E-state index contributed by atoms with van der Waals surface area (Å²) in [4.78, 5) is 12.0. The molecule has 0 fully saturated rings. The third kappa shape index (κ3) is 4.68. The number of fused-ring (bicyclic) bond motifs is 1. The summed E-state index contributed by atoms with van der Waals surface area (Å²) in [6, 6.07) is 10.6. The molecule has 0 unspecified atom stereocenters. The van der Waals surface area contributed by atoms with Crippen LogP contribution in [0.3, 0.4) is 0 Å². The third-order valence-corrected chi connectivity index (χ3v) is 5.86. The van der Waals surface area contributed by atoms with Gasteiger partial charge in [0.15, 0.2) is 0 Å². The number of nitrogens with one attached hydrogen (secondary N) is 2. The van der Waals surface area contributed by atoms with Crippen LogP contribution in [-0.2, 0) is 27.7 Å². The molecule has 0 aromatic heterocycles. The first-order chi connectivity index (χ1) is 12.4. The van der Waals surface area contributed by atoms with Gasteiger partial charge in [0.1, 0.15) is 5.82 Å². The quantitative estimate of drug-likeness (QED) is 0.730. The number of hydrogen-bond acceptors (Lipinski definition) is 3. The predicted molar refractivity (Wildman–Crippen MR) is 97.9 cm³/mol. The van der Waals surface area contributed by atoms with E-state index >= 15 is 0 Å². The van der Waals surface area contributed by atoms with Crippen molar-refractivity contribution in [2.24, 2.45) is 0 Å². The zero-order chi connectivity index (χ0) is 18.6. The fraction of sp³-hybridized carbons (Fsp3) is 0.316. The van der Waals surface area contributed by atoms with E-state index in [0.717, 1.165) is 37.1 Å². The van der Waals surface area contributed by atoms with E-state index in [0.29, 0.717) is 6.42 Å². The molecule has 0 aliphatic heterocycles. The molecule has 0 heterocycles. The third-order valence-electron chi connectivity index (χ3n) is 4.38. The molecule has 1 aliphatic rings. The van der Waals surface area contributed by atoms with Crippen molar-refractivity contribution in [2.45, 2.75) is 37.0 Å². The van der Waals surface area contributed by atoms with Crippen LogP contribution in [0.4, 0.5) is 10.1 Å². The number of sulfonamides is 1. The van der Waals surface area contributed by atoms with Crippen LogP contribution in [0.15, 0.2) is 47.4 Å². The lowest BCUT2D eigenvalue weighted by atomic mass is 10.1. The molecule has 138 valence electrons. The highest BCUT2D eigenvalue weighted by atomic mass is 32.2. The number of benzene rings is 2. The number of carbonyl (C=O) groups excluding carboxylic acids is 1. The van der Waals surface area contributed by atoms with Crippen LogP contribution < -0.4 is 10.0 Å². The van der Waals surface area contributed by atoms with Crippen LogP contribution in [-0.4, -0.2) is 20.9 Å². The zero-order valence-corrected chi connectivity index (χ0v) is 15.1. The summed E-state index contributed by atoms with van der Waals surface area (Å²) in [7, 11) is -3.69. The van der Waals surface area contributed by atoms with Gasteiger partial charge in [-0.3, -0.25) is 4.79 Å². The van der Waals surface area contributed by atoms with E-state index in [1.54, 1.807) is 0 Å². The minimum Gasteiger partial charge on any atom is -0.326 e. The lowest BCUT2D eigenvalue weighted by Gasteiger charge is -2.09. The van der Waals surface area contributed by atoms with Gasteiger partial charge in [-0.2, -0.15) is 0 Å². The first-order valence-corrected chi connectivity index (χ1v) is 10.1. The van der Waals surface area contributed by atoms with Gasteiger partial charge in [-0.1, -0.05) is 6.07 Å². The fourth-order valence-electron chi connectivity index (χ4n) is 3.03. The van der Waals surface area contributed by atoms with E-state index in [-0.39, 0.29) is 23.8 Å². The molecule has 0 saturated carbocycles. The second-order valence-corrected chi connectivity index (χ2v) is 8.11. The van der Waals surface area contributed by atoms with E-state index < -0.39 is 15.8 Å². The SMILES string of the molecule is O=C(CCCNS(=O)(=O)c1ccc(F)cc1)Nc1ccc2c(c1)CCC2. The molecule has 2 aromatic rings.